The first-order valence-electron chi connectivity index (χ1n) is 7.23. The summed E-state index contributed by atoms with van der Waals surface area (Å²) in [6.45, 7) is -0.580. The fourth-order valence-electron chi connectivity index (χ4n) is 2.30. The van der Waals surface area contributed by atoms with E-state index in [1.54, 1.807) is 24.3 Å². The van der Waals surface area contributed by atoms with E-state index in [0.29, 0.717) is 5.39 Å². The highest BCUT2D eigenvalue weighted by Crippen LogP contribution is 2.24. The molecule has 6 nitrogen and oxygen atoms in total. The van der Waals surface area contributed by atoms with Crippen LogP contribution in [0.5, 0.6) is 11.5 Å². The Hall–Kier alpha value is -3.12. The Bertz CT molecular complexity index is 986. The van der Waals surface area contributed by atoms with E-state index in [9.17, 15) is 19.8 Å². The number of carbonyl (C=O) groups excluding carboxylic acids is 2. The van der Waals surface area contributed by atoms with Crippen molar-refractivity contribution < 1.29 is 24.5 Å². The summed E-state index contributed by atoms with van der Waals surface area (Å²) < 4.78 is 4.95. The molecule has 0 bridgehead atoms. The van der Waals surface area contributed by atoms with E-state index in [1.807, 2.05) is 0 Å². The van der Waals surface area contributed by atoms with Gasteiger partial charge in [0, 0.05) is 11.5 Å². The Labute approximate surface area is 147 Å². The summed E-state index contributed by atoms with van der Waals surface area (Å²) in [5.74, 6) is -1.99. The minimum atomic E-state index is -0.806. The largest absolute Gasteiger partial charge is 0.508 e. The predicted molar refractivity (Wildman–Crippen MR) is 91.1 cm³/mol. The lowest BCUT2D eigenvalue weighted by molar-refractivity contribution is 0.0468. The quantitative estimate of drug-likeness (QED) is 0.422. The standard InChI is InChI=1S/C18H12ClNO5/c19-17-12-4-2-1-3-10(12)7-14(20-17)18(24)25-9-16(23)13-6-5-11(21)8-15(13)22/h1-8,21-22H,9H2. The zero-order valence-corrected chi connectivity index (χ0v) is 13.5. The molecule has 0 amide bonds. The second-order valence-electron chi connectivity index (χ2n) is 5.22. The average Bonchev–Trinajstić information content (AvgIpc) is 2.59. The smallest absolute Gasteiger partial charge is 0.357 e. The second-order valence-corrected chi connectivity index (χ2v) is 5.58. The average molecular weight is 358 g/mol. The minimum absolute atomic E-state index is 0.0218. The molecule has 0 aliphatic carbocycles. The van der Waals surface area contributed by atoms with E-state index >= 15 is 0 Å². The number of halogens is 1. The first kappa shape index (κ1) is 16.7. The van der Waals surface area contributed by atoms with Crippen molar-refractivity contribution in [3.05, 3.63) is 64.9 Å². The third kappa shape index (κ3) is 3.54. The number of hydrogen-bond acceptors (Lipinski definition) is 6. The number of esters is 1. The first-order valence-corrected chi connectivity index (χ1v) is 7.61. The van der Waals surface area contributed by atoms with Crippen molar-refractivity contribution in [1.82, 2.24) is 4.98 Å². The van der Waals surface area contributed by atoms with Crippen LogP contribution >= 0.6 is 11.6 Å². The Morgan fingerprint density at radius 2 is 1.84 bits per heavy atom. The van der Waals surface area contributed by atoms with Gasteiger partial charge in [0.2, 0.25) is 5.78 Å². The van der Waals surface area contributed by atoms with Crippen molar-refractivity contribution in [3.8, 4) is 11.5 Å². The van der Waals surface area contributed by atoms with Gasteiger partial charge < -0.3 is 14.9 Å². The highest BCUT2D eigenvalue weighted by atomic mass is 35.5. The van der Waals surface area contributed by atoms with Crippen LogP contribution in [0.25, 0.3) is 10.8 Å². The van der Waals surface area contributed by atoms with Crippen LogP contribution in [0.3, 0.4) is 0 Å². The molecule has 0 fully saturated rings. The van der Waals surface area contributed by atoms with Gasteiger partial charge in [0.05, 0.1) is 5.56 Å². The molecule has 2 aromatic carbocycles. The molecule has 0 atom stereocenters. The lowest BCUT2D eigenvalue weighted by Crippen LogP contribution is -2.15. The summed E-state index contributed by atoms with van der Waals surface area (Å²) in [4.78, 5) is 28.1. The molecule has 0 aliphatic heterocycles. The van der Waals surface area contributed by atoms with E-state index in [4.69, 9.17) is 16.3 Å². The molecule has 7 heteroatoms. The number of carbonyl (C=O) groups is 2. The summed E-state index contributed by atoms with van der Waals surface area (Å²) in [7, 11) is 0. The van der Waals surface area contributed by atoms with Gasteiger partial charge >= 0.3 is 5.97 Å². The van der Waals surface area contributed by atoms with Gasteiger partial charge in [-0.2, -0.15) is 0 Å². The number of rotatable bonds is 4. The predicted octanol–water partition coefficient (Wildman–Crippen LogP) is 3.34. The maximum absolute atomic E-state index is 12.1. The molecule has 0 saturated carbocycles. The monoisotopic (exact) mass is 357 g/mol. The van der Waals surface area contributed by atoms with Gasteiger partial charge in [-0.3, -0.25) is 4.79 Å². The van der Waals surface area contributed by atoms with Crippen LogP contribution in [0.15, 0.2) is 48.5 Å². The molecule has 0 aliphatic rings. The third-order valence-electron chi connectivity index (χ3n) is 3.52. The van der Waals surface area contributed by atoms with Gasteiger partial charge in [-0.05, 0) is 23.6 Å². The number of pyridine rings is 1. The summed E-state index contributed by atoms with van der Waals surface area (Å²) >= 11 is 6.06. The highest BCUT2D eigenvalue weighted by molar-refractivity contribution is 6.34. The number of aromatic nitrogens is 1. The molecule has 0 unspecified atom stereocenters. The molecule has 25 heavy (non-hydrogen) atoms. The molecule has 1 heterocycles. The molecule has 2 N–H and O–H groups in total. The van der Waals surface area contributed by atoms with Crippen molar-refractivity contribution in [2.45, 2.75) is 0 Å². The maximum atomic E-state index is 12.1. The SMILES string of the molecule is O=C(OCC(=O)c1ccc(O)cc1O)c1cc2ccccc2c(Cl)n1. The molecule has 3 rings (SSSR count). The van der Waals surface area contributed by atoms with E-state index in [-0.39, 0.29) is 22.2 Å². The molecular formula is C18H12ClNO5. The number of aromatic hydroxyl groups is 2. The Balaban J connectivity index is 1.75. The molecule has 1 aromatic heterocycles. The molecule has 0 spiro atoms. The molecule has 3 aromatic rings. The van der Waals surface area contributed by atoms with Crippen LogP contribution in [0.2, 0.25) is 5.15 Å². The lowest BCUT2D eigenvalue weighted by atomic mass is 10.1. The third-order valence-corrected chi connectivity index (χ3v) is 3.81. The number of fused-ring (bicyclic) bond motifs is 1. The van der Waals surface area contributed by atoms with Gasteiger partial charge in [-0.15, -0.1) is 0 Å². The van der Waals surface area contributed by atoms with Crippen LogP contribution in [0.4, 0.5) is 0 Å². The van der Waals surface area contributed by atoms with Crippen molar-refractivity contribution in [2.24, 2.45) is 0 Å². The maximum Gasteiger partial charge on any atom is 0.357 e. The van der Waals surface area contributed by atoms with Crippen molar-refractivity contribution >= 4 is 34.1 Å². The molecule has 126 valence electrons. The van der Waals surface area contributed by atoms with Gasteiger partial charge in [0.1, 0.15) is 16.7 Å². The summed E-state index contributed by atoms with van der Waals surface area (Å²) in [5, 5.41) is 20.4. The minimum Gasteiger partial charge on any atom is -0.508 e. The van der Waals surface area contributed by atoms with E-state index in [1.165, 1.54) is 18.2 Å². The van der Waals surface area contributed by atoms with Crippen LogP contribution in [-0.4, -0.2) is 33.6 Å². The topological polar surface area (TPSA) is 96.7 Å². The zero-order valence-electron chi connectivity index (χ0n) is 12.8. The van der Waals surface area contributed by atoms with Crippen molar-refractivity contribution in [2.75, 3.05) is 6.61 Å². The number of benzene rings is 2. The van der Waals surface area contributed by atoms with Gasteiger partial charge in [-0.25, -0.2) is 9.78 Å². The van der Waals surface area contributed by atoms with Crippen molar-refractivity contribution in [1.29, 1.82) is 0 Å². The van der Waals surface area contributed by atoms with Gasteiger partial charge in [-0.1, -0.05) is 35.9 Å². The van der Waals surface area contributed by atoms with Crippen LogP contribution in [0.1, 0.15) is 20.8 Å². The number of Topliss-reactive ketones (excluding diaryl/α,β-unsaturated/α-hetero) is 1. The number of hydrogen-bond donors (Lipinski definition) is 2. The van der Waals surface area contributed by atoms with Crippen LogP contribution in [-0.2, 0) is 4.74 Å². The van der Waals surface area contributed by atoms with E-state index < -0.39 is 24.1 Å². The Morgan fingerprint density at radius 3 is 2.60 bits per heavy atom. The van der Waals surface area contributed by atoms with E-state index in [2.05, 4.69) is 4.98 Å². The van der Waals surface area contributed by atoms with Gasteiger partial charge in [0.25, 0.3) is 0 Å². The number of ketones is 1. The number of phenolic OH excluding ortho intramolecular Hbond substituents is 2. The lowest BCUT2D eigenvalue weighted by Gasteiger charge is -2.07. The summed E-state index contributed by atoms with van der Waals surface area (Å²) in [5.41, 5.74) is -0.0819. The fraction of sp³-hybridized carbons (Fsp3) is 0.0556. The summed E-state index contributed by atoms with van der Waals surface area (Å²) in [6, 6.07) is 12.2. The van der Waals surface area contributed by atoms with Crippen LogP contribution in [0, 0.1) is 0 Å². The van der Waals surface area contributed by atoms with E-state index in [0.717, 1.165) is 11.5 Å². The number of phenols is 2. The highest BCUT2D eigenvalue weighted by Gasteiger charge is 2.17. The number of ether oxygens (including phenoxy) is 1. The molecular weight excluding hydrogens is 346 g/mol. The fourth-order valence-corrected chi connectivity index (χ4v) is 2.56. The Morgan fingerprint density at radius 1 is 1.08 bits per heavy atom. The number of nitrogens with zero attached hydrogens (tertiary/aromatic N) is 1. The Kier molecular flexibility index (Phi) is 4.54. The molecule has 0 saturated heterocycles. The molecule has 0 radical (unpaired) electrons. The van der Waals surface area contributed by atoms with Crippen LogP contribution < -0.4 is 0 Å². The van der Waals surface area contributed by atoms with Crippen molar-refractivity contribution in [3.63, 3.8) is 0 Å². The first-order chi connectivity index (χ1) is 12.0. The second kappa shape index (κ2) is 6.78. The normalized spacial score (nSPS) is 10.6. The summed E-state index contributed by atoms with van der Waals surface area (Å²) in [6.07, 6.45) is 0. The van der Waals surface area contributed by atoms with Gasteiger partial charge in [0.15, 0.2) is 12.3 Å². The zero-order chi connectivity index (χ0) is 18.0.